The van der Waals surface area contributed by atoms with E-state index in [1.807, 2.05) is 0 Å². The van der Waals surface area contributed by atoms with Crippen LogP contribution in [0.25, 0.3) is 0 Å². The highest BCUT2D eigenvalue weighted by atomic mass is 16.5. The molecule has 1 spiro atoms. The summed E-state index contributed by atoms with van der Waals surface area (Å²) in [5.41, 5.74) is 0.350. The van der Waals surface area contributed by atoms with Crippen molar-refractivity contribution in [3.05, 3.63) is 0 Å². The van der Waals surface area contributed by atoms with Crippen molar-refractivity contribution in [2.24, 2.45) is 0 Å². The maximum absolute atomic E-state index is 5.35. The third-order valence-corrected chi connectivity index (χ3v) is 3.50. The molecule has 0 bridgehead atoms. The largest absolute Gasteiger partial charge is 0.377 e. The van der Waals surface area contributed by atoms with Crippen LogP contribution in [0, 0.1) is 0 Å². The first-order valence-electron chi connectivity index (χ1n) is 5.17. The van der Waals surface area contributed by atoms with Gasteiger partial charge in [-0.2, -0.15) is 0 Å². The molecule has 0 saturated carbocycles. The summed E-state index contributed by atoms with van der Waals surface area (Å²) in [4.78, 5) is 5.03. The minimum Gasteiger partial charge on any atom is -0.377 e. The molecule has 2 aliphatic heterocycles. The molecule has 0 aromatic heterocycles. The Balaban J connectivity index is 2.01. The second-order valence-electron chi connectivity index (χ2n) is 4.70. The van der Waals surface area contributed by atoms with Gasteiger partial charge in [0.2, 0.25) is 0 Å². The molecular formula is C10H20N2O. The Morgan fingerprint density at radius 2 is 1.92 bits per heavy atom. The van der Waals surface area contributed by atoms with Gasteiger partial charge in [-0.3, -0.25) is 9.80 Å². The molecule has 2 rings (SSSR count). The smallest absolute Gasteiger partial charge is 0.0805 e. The molecule has 2 fully saturated rings. The molecule has 0 aliphatic carbocycles. The number of hydrogen-bond acceptors (Lipinski definition) is 3. The first-order valence-corrected chi connectivity index (χ1v) is 5.17. The first kappa shape index (κ1) is 9.44. The highest BCUT2D eigenvalue weighted by molar-refractivity contribution is 5.01. The lowest BCUT2D eigenvalue weighted by atomic mass is 9.91. The number of hydrogen-bond donors (Lipinski definition) is 0. The van der Waals surface area contributed by atoms with Crippen LogP contribution in [0.2, 0.25) is 0 Å². The molecule has 3 heteroatoms. The van der Waals surface area contributed by atoms with Gasteiger partial charge in [0.1, 0.15) is 0 Å². The fraction of sp³-hybridized carbons (Fsp3) is 1.00. The molecule has 0 N–H and O–H groups in total. The number of ether oxygens (including phenoxy) is 1. The Morgan fingerprint density at radius 3 is 2.38 bits per heavy atom. The zero-order chi connectivity index (χ0) is 9.47. The van der Waals surface area contributed by atoms with Crippen molar-refractivity contribution in [3.63, 3.8) is 0 Å². The molecule has 2 aliphatic rings. The van der Waals surface area contributed by atoms with E-state index >= 15 is 0 Å². The summed E-state index contributed by atoms with van der Waals surface area (Å²) in [5, 5.41) is 0. The summed E-state index contributed by atoms with van der Waals surface area (Å²) in [7, 11) is 2.22. The summed E-state index contributed by atoms with van der Waals surface area (Å²) in [5.74, 6) is 0. The SMILES string of the molecule is CC(C)N1CCN(C)C2(COC2)C1. The first-order chi connectivity index (χ1) is 6.14. The van der Waals surface area contributed by atoms with Crippen LogP contribution < -0.4 is 0 Å². The van der Waals surface area contributed by atoms with Gasteiger partial charge in [-0.15, -0.1) is 0 Å². The van der Waals surface area contributed by atoms with Gasteiger partial charge in [0, 0.05) is 25.7 Å². The van der Waals surface area contributed by atoms with Crippen LogP contribution >= 0.6 is 0 Å². The third-order valence-electron chi connectivity index (χ3n) is 3.50. The lowest BCUT2D eigenvalue weighted by molar-refractivity contribution is -0.164. The number of likely N-dealkylation sites (N-methyl/N-ethyl adjacent to an activating group) is 1. The van der Waals surface area contributed by atoms with E-state index in [9.17, 15) is 0 Å². The van der Waals surface area contributed by atoms with Gasteiger partial charge < -0.3 is 4.74 Å². The second kappa shape index (κ2) is 3.23. The quantitative estimate of drug-likeness (QED) is 0.587. The van der Waals surface area contributed by atoms with E-state index in [0.29, 0.717) is 11.6 Å². The van der Waals surface area contributed by atoms with E-state index in [1.54, 1.807) is 0 Å². The monoisotopic (exact) mass is 184 g/mol. The Morgan fingerprint density at radius 1 is 1.23 bits per heavy atom. The molecule has 0 unspecified atom stereocenters. The van der Waals surface area contributed by atoms with Crippen molar-refractivity contribution in [1.82, 2.24) is 9.80 Å². The van der Waals surface area contributed by atoms with Crippen molar-refractivity contribution in [3.8, 4) is 0 Å². The average molecular weight is 184 g/mol. The third kappa shape index (κ3) is 1.49. The summed E-state index contributed by atoms with van der Waals surface area (Å²) in [6.07, 6.45) is 0. The topological polar surface area (TPSA) is 15.7 Å². The maximum atomic E-state index is 5.35. The van der Waals surface area contributed by atoms with Crippen molar-refractivity contribution in [2.75, 3.05) is 39.9 Å². The van der Waals surface area contributed by atoms with Crippen LogP contribution in [-0.4, -0.2) is 61.3 Å². The van der Waals surface area contributed by atoms with Crippen molar-refractivity contribution in [2.45, 2.75) is 25.4 Å². The minimum absolute atomic E-state index is 0.350. The summed E-state index contributed by atoms with van der Waals surface area (Å²) in [6.45, 7) is 9.97. The van der Waals surface area contributed by atoms with Crippen LogP contribution in [-0.2, 0) is 4.74 Å². The van der Waals surface area contributed by atoms with Gasteiger partial charge in [-0.1, -0.05) is 0 Å². The normalized spacial score (nSPS) is 29.5. The van der Waals surface area contributed by atoms with Crippen molar-refractivity contribution < 1.29 is 4.74 Å². The van der Waals surface area contributed by atoms with E-state index < -0.39 is 0 Å². The molecule has 2 saturated heterocycles. The predicted molar refractivity (Wildman–Crippen MR) is 52.9 cm³/mol. The highest BCUT2D eigenvalue weighted by Gasteiger charge is 2.46. The minimum atomic E-state index is 0.350. The zero-order valence-corrected chi connectivity index (χ0v) is 8.92. The van der Waals surface area contributed by atoms with Crippen LogP contribution in [0.15, 0.2) is 0 Å². The molecule has 3 nitrogen and oxygen atoms in total. The van der Waals surface area contributed by atoms with E-state index in [1.165, 1.54) is 19.6 Å². The van der Waals surface area contributed by atoms with Crippen LogP contribution in [0.5, 0.6) is 0 Å². The molecule has 0 radical (unpaired) electrons. The number of nitrogens with zero attached hydrogens (tertiary/aromatic N) is 2. The molecule has 0 atom stereocenters. The van der Waals surface area contributed by atoms with Crippen LogP contribution in [0.1, 0.15) is 13.8 Å². The van der Waals surface area contributed by atoms with Gasteiger partial charge in [0.15, 0.2) is 0 Å². The molecule has 13 heavy (non-hydrogen) atoms. The van der Waals surface area contributed by atoms with E-state index in [0.717, 1.165) is 13.2 Å². The zero-order valence-electron chi connectivity index (χ0n) is 8.92. The number of piperazine rings is 1. The maximum Gasteiger partial charge on any atom is 0.0805 e. The van der Waals surface area contributed by atoms with Gasteiger partial charge in [-0.05, 0) is 20.9 Å². The van der Waals surface area contributed by atoms with Gasteiger partial charge in [0.25, 0.3) is 0 Å². The van der Waals surface area contributed by atoms with Gasteiger partial charge in [0.05, 0.1) is 18.8 Å². The summed E-state index contributed by atoms with van der Waals surface area (Å²) >= 11 is 0. The van der Waals surface area contributed by atoms with E-state index in [-0.39, 0.29) is 0 Å². The molecular weight excluding hydrogens is 164 g/mol. The Bertz CT molecular complexity index is 189. The Hall–Kier alpha value is -0.120. The van der Waals surface area contributed by atoms with Crippen molar-refractivity contribution in [1.29, 1.82) is 0 Å². The Kier molecular flexibility index (Phi) is 2.34. The van der Waals surface area contributed by atoms with Crippen molar-refractivity contribution >= 4 is 0 Å². The van der Waals surface area contributed by atoms with Crippen LogP contribution in [0.4, 0.5) is 0 Å². The number of rotatable bonds is 1. The van der Waals surface area contributed by atoms with Gasteiger partial charge in [-0.25, -0.2) is 0 Å². The molecule has 76 valence electrons. The van der Waals surface area contributed by atoms with Crippen LogP contribution in [0.3, 0.4) is 0 Å². The second-order valence-corrected chi connectivity index (χ2v) is 4.70. The molecule has 2 heterocycles. The fourth-order valence-electron chi connectivity index (χ4n) is 2.18. The Labute approximate surface area is 80.6 Å². The lowest BCUT2D eigenvalue weighted by Crippen LogP contribution is -2.71. The lowest BCUT2D eigenvalue weighted by Gasteiger charge is -2.54. The average Bonchev–Trinajstić information content (AvgIpc) is 2.02. The summed E-state index contributed by atoms with van der Waals surface area (Å²) < 4.78 is 5.35. The summed E-state index contributed by atoms with van der Waals surface area (Å²) in [6, 6.07) is 0.672. The van der Waals surface area contributed by atoms with Gasteiger partial charge >= 0.3 is 0 Å². The predicted octanol–water partition coefficient (Wildman–Crippen LogP) is 0.411. The van der Waals surface area contributed by atoms with E-state index in [2.05, 4.69) is 30.7 Å². The standard InChI is InChI=1S/C10H20N2O/c1-9(2)12-5-4-11(3)10(6-12)7-13-8-10/h9H,4-8H2,1-3H3. The highest BCUT2D eigenvalue weighted by Crippen LogP contribution is 2.28. The van der Waals surface area contributed by atoms with E-state index in [4.69, 9.17) is 4.74 Å². The fourth-order valence-corrected chi connectivity index (χ4v) is 2.18. The molecule has 0 amide bonds. The molecule has 0 aromatic rings. The molecule has 0 aromatic carbocycles.